The Morgan fingerprint density at radius 1 is 1.24 bits per heavy atom. The predicted molar refractivity (Wildman–Crippen MR) is 97.2 cm³/mol. The highest BCUT2D eigenvalue weighted by molar-refractivity contribution is 5.72. The van der Waals surface area contributed by atoms with Crippen molar-refractivity contribution in [1.29, 1.82) is 0 Å². The van der Waals surface area contributed by atoms with E-state index in [1.165, 1.54) is 24.7 Å². The maximum absolute atomic E-state index is 11.1. The summed E-state index contributed by atoms with van der Waals surface area (Å²) in [6, 6.07) is 13.4. The Kier molecular flexibility index (Phi) is 4.44. The molecule has 0 radical (unpaired) electrons. The molecule has 2 aliphatic rings. The zero-order chi connectivity index (χ0) is 17.2. The Bertz CT molecular complexity index is 742. The summed E-state index contributed by atoms with van der Waals surface area (Å²) in [6.45, 7) is 7.19. The van der Waals surface area contributed by atoms with Crippen molar-refractivity contribution in [3.63, 3.8) is 0 Å². The summed E-state index contributed by atoms with van der Waals surface area (Å²) < 4.78 is 2.09. The quantitative estimate of drug-likeness (QED) is 0.920. The average Bonchev–Trinajstić information content (AvgIpc) is 3.27. The van der Waals surface area contributed by atoms with Crippen molar-refractivity contribution in [3.8, 4) is 0 Å². The summed E-state index contributed by atoms with van der Waals surface area (Å²) in [6.07, 6.45) is 1.21. The second-order valence-electron chi connectivity index (χ2n) is 6.95. The molecule has 1 amide bonds. The van der Waals surface area contributed by atoms with Crippen molar-refractivity contribution in [2.75, 3.05) is 24.5 Å². The summed E-state index contributed by atoms with van der Waals surface area (Å²) in [5, 5.41) is 7.44. The predicted octanol–water partition coefficient (Wildman–Crippen LogP) is 1.61. The zero-order valence-corrected chi connectivity index (χ0v) is 14.7. The molecule has 2 aliphatic heterocycles. The average molecular weight is 339 g/mol. The third-order valence-corrected chi connectivity index (χ3v) is 5.20. The third kappa shape index (κ3) is 3.54. The van der Waals surface area contributed by atoms with Crippen LogP contribution in [0.4, 0.5) is 5.69 Å². The van der Waals surface area contributed by atoms with Gasteiger partial charge in [0.25, 0.3) is 0 Å². The molecule has 1 fully saturated rings. The molecule has 1 atom stereocenters. The molecular formula is C19H25N5O. The van der Waals surface area contributed by atoms with Gasteiger partial charge < -0.3 is 10.2 Å². The van der Waals surface area contributed by atoms with E-state index in [1.807, 2.05) is 0 Å². The summed E-state index contributed by atoms with van der Waals surface area (Å²) >= 11 is 0. The largest absolute Gasteiger partial charge is 0.370 e. The van der Waals surface area contributed by atoms with E-state index in [9.17, 15) is 4.79 Å². The van der Waals surface area contributed by atoms with Gasteiger partial charge in [0.15, 0.2) is 0 Å². The number of hydrogen-bond donors (Lipinski definition) is 1. The Hall–Kier alpha value is -2.34. The topological polar surface area (TPSA) is 53.4 Å². The van der Waals surface area contributed by atoms with E-state index in [4.69, 9.17) is 0 Å². The third-order valence-electron chi connectivity index (χ3n) is 5.20. The van der Waals surface area contributed by atoms with Crippen molar-refractivity contribution < 1.29 is 4.79 Å². The van der Waals surface area contributed by atoms with Crippen LogP contribution in [0.3, 0.4) is 0 Å². The first-order valence-corrected chi connectivity index (χ1v) is 9.03. The number of nitrogens with zero attached hydrogens (tertiary/aromatic N) is 4. The number of amides is 1. The van der Waals surface area contributed by atoms with Gasteiger partial charge in [-0.05, 0) is 24.6 Å². The molecule has 1 N–H and O–H groups in total. The number of rotatable bonds is 4. The highest BCUT2D eigenvalue weighted by Gasteiger charge is 2.30. The number of hydrogen-bond acceptors (Lipinski definition) is 4. The van der Waals surface area contributed by atoms with Crippen LogP contribution in [0.1, 0.15) is 24.7 Å². The van der Waals surface area contributed by atoms with Gasteiger partial charge in [-0.3, -0.25) is 14.4 Å². The van der Waals surface area contributed by atoms with E-state index < -0.39 is 0 Å². The molecule has 6 heteroatoms. The minimum absolute atomic E-state index is 0.0143. The zero-order valence-electron chi connectivity index (χ0n) is 14.7. The van der Waals surface area contributed by atoms with Gasteiger partial charge in [0.1, 0.15) is 0 Å². The fourth-order valence-corrected chi connectivity index (χ4v) is 3.87. The van der Waals surface area contributed by atoms with Gasteiger partial charge in [-0.15, -0.1) is 0 Å². The molecule has 4 rings (SSSR count). The molecule has 1 aromatic carbocycles. The molecule has 6 nitrogen and oxygen atoms in total. The number of carbonyl (C=O) groups excluding carboxylic acids is 1. The summed E-state index contributed by atoms with van der Waals surface area (Å²) in [4.78, 5) is 16.1. The smallest absolute Gasteiger partial charge is 0.217 e. The molecule has 25 heavy (non-hydrogen) atoms. The van der Waals surface area contributed by atoms with Crippen LogP contribution >= 0.6 is 0 Å². The second kappa shape index (κ2) is 6.88. The molecule has 132 valence electrons. The Morgan fingerprint density at radius 2 is 2.08 bits per heavy atom. The number of benzene rings is 1. The van der Waals surface area contributed by atoms with Crippen LogP contribution in [-0.4, -0.2) is 46.3 Å². The molecule has 0 aliphatic carbocycles. The van der Waals surface area contributed by atoms with Crippen molar-refractivity contribution >= 4 is 11.6 Å². The van der Waals surface area contributed by atoms with Crippen LogP contribution in [0, 0.1) is 0 Å². The lowest BCUT2D eigenvalue weighted by atomic mass is 10.2. The molecule has 1 aromatic heterocycles. The highest BCUT2D eigenvalue weighted by Crippen LogP contribution is 2.25. The molecule has 3 heterocycles. The van der Waals surface area contributed by atoms with Crippen molar-refractivity contribution in [2.45, 2.75) is 39.0 Å². The molecule has 1 saturated heterocycles. The van der Waals surface area contributed by atoms with E-state index in [1.54, 1.807) is 0 Å². The van der Waals surface area contributed by atoms with Gasteiger partial charge in [0.2, 0.25) is 5.91 Å². The lowest BCUT2D eigenvalue weighted by Gasteiger charge is -2.32. The summed E-state index contributed by atoms with van der Waals surface area (Å²) in [5.41, 5.74) is 3.53. The van der Waals surface area contributed by atoms with Gasteiger partial charge >= 0.3 is 0 Å². The van der Waals surface area contributed by atoms with E-state index in [0.29, 0.717) is 12.6 Å². The molecule has 0 unspecified atom stereocenters. The van der Waals surface area contributed by atoms with E-state index in [2.05, 4.69) is 61.3 Å². The fourth-order valence-electron chi connectivity index (χ4n) is 3.87. The Balaban J connectivity index is 1.38. The maximum atomic E-state index is 11.1. The van der Waals surface area contributed by atoms with E-state index in [0.717, 1.165) is 38.4 Å². The number of carbonyl (C=O) groups is 1. The molecule has 0 spiro atoms. The first kappa shape index (κ1) is 16.1. The van der Waals surface area contributed by atoms with Gasteiger partial charge in [0.05, 0.1) is 24.5 Å². The Labute approximate surface area is 148 Å². The molecule has 0 saturated carbocycles. The van der Waals surface area contributed by atoms with Gasteiger partial charge in [-0.25, -0.2) is 0 Å². The number of nitrogens with one attached hydrogen (secondary N) is 1. The number of para-hydroxylation sites is 1. The van der Waals surface area contributed by atoms with Crippen LogP contribution in [0.25, 0.3) is 0 Å². The van der Waals surface area contributed by atoms with Crippen LogP contribution in [0.15, 0.2) is 36.4 Å². The summed E-state index contributed by atoms with van der Waals surface area (Å²) in [7, 11) is 0. The number of anilines is 1. The monoisotopic (exact) mass is 339 g/mol. The molecular weight excluding hydrogens is 314 g/mol. The normalized spacial score (nSPS) is 20.5. The summed E-state index contributed by atoms with van der Waals surface area (Å²) in [5.74, 6) is -0.0143. The Morgan fingerprint density at radius 3 is 2.88 bits per heavy atom. The van der Waals surface area contributed by atoms with Crippen molar-refractivity contribution in [2.24, 2.45) is 0 Å². The van der Waals surface area contributed by atoms with Gasteiger partial charge in [-0.1, -0.05) is 18.2 Å². The van der Waals surface area contributed by atoms with Crippen LogP contribution in [0.5, 0.6) is 0 Å². The van der Waals surface area contributed by atoms with E-state index >= 15 is 0 Å². The minimum atomic E-state index is -0.0143. The SMILES string of the molecule is CC(=O)NCc1cc2n(n1)CCN([C@H]1CCN(c3ccccc3)C1)C2. The van der Waals surface area contributed by atoms with Gasteiger partial charge in [0, 0.05) is 44.8 Å². The maximum Gasteiger partial charge on any atom is 0.217 e. The first-order chi connectivity index (χ1) is 12.2. The van der Waals surface area contributed by atoms with Gasteiger partial charge in [-0.2, -0.15) is 5.10 Å². The number of aromatic nitrogens is 2. The highest BCUT2D eigenvalue weighted by atomic mass is 16.1. The second-order valence-corrected chi connectivity index (χ2v) is 6.95. The van der Waals surface area contributed by atoms with Crippen LogP contribution < -0.4 is 10.2 Å². The standard InChI is InChI=1S/C19H25N5O/c1-15(25)20-12-16-11-19-14-23(9-10-24(19)21-16)18-7-8-22(13-18)17-5-3-2-4-6-17/h2-6,11,18H,7-10,12-14H2,1H3,(H,20,25)/t18-/m0/s1. The minimum Gasteiger partial charge on any atom is -0.370 e. The molecule has 0 bridgehead atoms. The van der Waals surface area contributed by atoms with Crippen molar-refractivity contribution in [3.05, 3.63) is 47.8 Å². The van der Waals surface area contributed by atoms with Crippen LogP contribution in [-0.2, 0) is 24.4 Å². The first-order valence-electron chi connectivity index (χ1n) is 9.03. The lowest BCUT2D eigenvalue weighted by Crippen LogP contribution is -2.42. The molecule has 2 aromatic rings. The van der Waals surface area contributed by atoms with E-state index in [-0.39, 0.29) is 5.91 Å². The fraction of sp³-hybridized carbons (Fsp3) is 0.474. The van der Waals surface area contributed by atoms with Crippen molar-refractivity contribution in [1.82, 2.24) is 20.0 Å². The van der Waals surface area contributed by atoms with Crippen LogP contribution in [0.2, 0.25) is 0 Å². The lowest BCUT2D eigenvalue weighted by molar-refractivity contribution is -0.119. The number of fused-ring (bicyclic) bond motifs is 1.